The van der Waals surface area contributed by atoms with Crippen molar-refractivity contribution in [3.63, 3.8) is 0 Å². The molecule has 0 unspecified atom stereocenters. The zero-order valence-electron chi connectivity index (χ0n) is 9.59. The van der Waals surface area contributed by atoms with E-state index in [0.717, 1.165) is 0 Å². The van der Waals surface area contributed by atoms with Crippen LogP contribution in [0.1, 0.15) is 56.7 Å². The van der Waals surface area contributed by atoms with E-state index in [9.17, 15) is 0 Å². The summed E-state index contributed by atoms with van der Waals surface area (Å²) in [6, 6.07) is 0. The number of pyridine rings is 1. The van der Waals surface area contributed by atoms with Crippen molar-refractivity contribution in [2.75, 3.05) is 0 Å². The number of fused-ring (bicyclic) bond motifs is 1. The highest BCUT2D eigenvalue weighted by atomic mass is 14.6. The van der Waals surface area contributed by atoms with Gasteiger partial charge in [0.15, 0.2) is 0 Å². The summed E-state index contributed by atoms with van der Waals surface area (Å²) in [7, 11) is 0. The third-order valence-corrected chi connectivity index (χ3v) is 3.44. The van der Waals surface area contributed by atoms with E-state index in [1.54, 1.807) is 5.56 Å². The number of rotatable bonds is 1. The Bertz CT molecular complexity index is 350. The quantitative estimate of drug-likeness (QED) is 0.659. The molecule has 0 fully saturated rings. The monoisotopic (exact) mass is 189 g/mol. The molecule has 76 valence electrons. The van der Waals surface area contributed by atoms with E-state index in [1.807, 2.05) is 6.20 Å². The van der Waals surface area contributed by atoms with Crippen LogP contribution in [0.2, 0.25) is 0 Å². The van der Waals surface area contributed by atoms with Gasteiger partial charge >= 0.3 is 0 Å². The maximum atomic E-state index is 4.37. The summed E-state index contributed by atoms with van der Waals surface area (Å²) >= 11 is 0. The van der Waals surface area contributed by atoms with Crippen molar-refractivity contribution >= 4 is 0 Å². The Morgan fingerprint density at radius 3 is 2.64 bits per heavy atom. The molecule has 1 nitrogen and oxygen atoms in total. The van der Waals surface area contributed by atoms with E-state index in [0.29, 0.717) is 11.3 Å². The maximum absolute atomic E-state index is 4.37. The minimum atomic E-state index is 0.341. The summed E-state index contributed by atoms with van der Waals surface area (Å²) in [4.78, 5) is 4.37. The van der Waals surface area contributed by atoms with Gasteiger partial charge in [0, 0.05) is 12.4 Å². The zero-order chi connectivity index (χ0) is 10.3. The Morgan fingerprint density at radius 1 is 1.29 bits per heavy atom. The molecule has 0 saturated carbocycles. The second-order valence-corrected chi connectivity index (χ2v) is 5.29. The predicted molar refractivity (Wildman–Crippen MR) is 59.7 cm³/mol. The molecule has 0 atom stereocenters. The fraction of sp³-hybridized carbons (Fsp3) is 0.615. The Morgan fingerprint density at radius 2 is 2.00 bits per heavy atom. The standard InChI is InChI=1S/C13H19N/c1-9(2)11-7-14-8-12-10(11)5-6-13(12,3)4/h7-9H,5-6H2,1-4H3. The molecule has 0 saturated heterocycles. The molecule has 0 spiro atoms. The first-order valence-corrected chi connectivity index (χ1v) is 5.49. The van der Waals surface area contributed by atoms with Crippen LogP contribution in [0.5, 0.6) is 0 Å². The van der Waals surface area contributed by atoms with Crippen LogP contribution in [0.3, 0.4) is 0 Å². The SMILES string of the molecule is CC(C)c1cncc2c1CCC2(C)C. The van der Waals surface area contributed by atoms with Gasteiger partial charge in [0.25, 0.3) is 0 Å². The van der Waals surface area contributed by atoms with Crippen molar-refractivity contribution in [1.82, 2.24) is 4.98 Å². The maximum Gasteiger partial charge on any atom is 0.0308 e. The van der Waals surface area contributed by atoms with Crippen LogP contribution in [0.4, 0.5) is 0 Å². The van der Waals surface area contributed by atoms with Gasteiger partial charge < -0.3 is 0 Å². The molecule has 1 heterocycles. The Kier molecular flexibility index (Phi) is 2.13. The number of nitrogens with zero attached hydrogens (tertiary/aromatic N) is 1. The van der Waals surface area contributed by atoms with E-state index in [2.05, 4.69) is 38.9 Å². The van der Waals surface area contributed by atoms with Crippen LogP contribution in [0.15, 0.2) is 12.4 Å². The van der Waals surface area contributed by atoms with Gasteiger partial charge in [-0.25, -0.2) is 0 Å². The molecule has 1 aliphatic carbocycles. The van der Waals surface area contributed by atoms with Gasteiger partial charge in [-0.15, -0.1) is 0 Å². The Hall–Kier alpha value is -0.850. The molecule has 0 aliphatic heterocycles. The van der Waals surface area contributed by atoms with E-state index < -0.39 is 0 Å². The van der Waals surface area contributed by atoms with Crippen LogP contribution < -0.4 is 0 Å². The number of hydrogen-bond acceptors (Lipinski definition) is 1. The molecule has 0 aromatic carbocycles. The van der Waals surface area contributed by atoms with Gasteiger partial charge in [0.1, 0.15) is 0 Å². The normalized spacial score (nSPS) is 18.6. The van der Waals surface area contributed by atoms with Gasteiger partial charge in [-0.3, -0.25) is 4.98 Å². The van der Waals surface area contributed by atoms with Crippen molar-refractivity contribution in [2.24, 2.45) is 0 Å². The first-order valence-electron chi connectivity index (χ1n) is 5.49. The molecule has 14 heavy (non-hydrogen) atoms. The summed E-state index contributed by atoms with van der Waals surface area (Å²) in [5.41, 5.74) is 4.84. The molecule has 1 heteroatoms. The van der Waals surface area contributed by atoms with E-state index in [4.69, 9.17) is 0 Å². The molecular formula is C13H19N. The number of aromatic nitrogens is 1. The van der Waals surface area contributed by atoms with Gasteiger partial charge in [-0.1, -0.05) is 27.7 Å². The third kappa shape index (κ3) is 1.35. The van der Waals surface area contributed by atoms with Crippen molar-refractivity contribution < 1.29 is 0 Å². The smallest absolute Gasteiger partial charge is 0.0308 e. The highest BCUT2D eigenvalue weighted by molar-refractivity contribution is 5.42. The van der Waals surface area contributed by atoms with Gasteiger partial charge in [-0.2, -0.15) is 0 Å². The second kappa shape index (κ2) is 3.08. The third-order valence-electron chi connectivity index (χ3n) is 3.44. The van der Waals surface area contributed by atoms with Crippen LogP contribution in [-0.2, 0) is 11.8 Å². The minimum absolute atomic E-state index is 0.341. The zero-order valence-corrected chi connectivity index (χ0v) is 9.59. The molecular weight excluding hydrogens is 170 g/mol. The highest BCUT2D eigenvalue weighted by Gasteiger charge is 2.31. The van der Waals surface area contributed by atoms with Gasteiger partial charge in [0.05, 0.1) is 0 Å². The van der Waals surface area contributed by atoms with Crippen LogP contribution in [0, 0.1) is 0 Å². The largest absolute Gasteiger partial charge is 0.264 e. The predicted octanol–water partition coefficient (Wildman–Crippen LogP) is 3.43. The van der Waals surface area contributed by atoms with E-state index >= 15 is 0 Å². The van der Waals surface area contributed by atoms with Crippen molar-refractivity contribution in [3.05, 3.63) is 29.1 Å². The van der Waals surface area contributed by atoms with Crippen molar-refractivity contribution in [1.29, 1.82) is 0 Å². The lowest BCUT2D eigenvalue weighted by molar-refractivity contribution is 0.521. The fourth-order valence-electron chi connectivity index (χ4n) is 2.44. The first kappa shape index (κ1) is 9.70. The van der Waals surface area contributed by atoms with Crippen LogP contribution >= 0.6 is 0 Å². The van der Waals surface area contributed by atoms with Crippen LogP contribution in [0.25, 0.3) is 0 Å². The summed E-state index contributed by atoms with van der Waals surface area (Å²) in [6.07, 6.45) is 6.62. The number of hydrogen-bond donors (Lipinski definition) is 0. The molecule has 1 aliphatic rings. The molecule has 1 aromatic heterocycles. The lowest BCUT2D eigenvalue weighted by atomic mass is 9.86. The average Bonchev–Trinajstić information content (AvgIpc) is 2.42. The topological polar surface area (TPSA) is 12.9 Å². The lowest BCUT2D eigenvalue weighted by Crippen LogP contribution is -2.12. The molecule has 0 N–H and O–H groups in total. The summed E-state index contributed by atoms with van der Waals surface area (Å²) < 4.78 is 0. The van der Waals surface area contributed by atoms with Gasteiger partial charge in [-0.05, 0) is 40.9 Å². The Labute approximate surface area is 86.6 Å². The summed E-state index contributed by atoms with van der Waals surface area (Å²) in [5.74, 6) is 0.603. The minimum Gasteiger partial charge on any atom is -0.264 e. The van der Waals surface area contributed by atoms with E-state index in [-0.39, 0.29) is 0 Å². The molecule has 0 radical (unpaired) electrons. The Balaban J connectivity index is 2.56. The summed E-state index contributed by atoms with van der Waals surface area (Å²) in [6.45, 7) is 9.15. The van der Waals surface area contributed by atoms with E-state index in [1.165, 1.54) is 24.0 Å². The average molecular weight is 189 g/mol. The first-order chi connectivity index (χ1) is 6.52. The van der Waals surface area contributed by atoms with Gasteiger partial charge in [0.2, 0.25) is 0 Å². The second-order valence-electron chi connectivity index (χ2n) is 5.29. The molecule has 0 bridgehead atoms. The molecule has 0 amide bonds. The molecule has 1 aromatic rings. The van der Waals surface area contributed by atoms with Crippen molar-refractivity contribution in [2.45, 2.75) is 51.9 Å². The van der Waals surface area contributed by atoms with Crippen LogP contribution in [-0.4, -0.2) is 4.98 Å². The highest BCUT2D eigenvalue weighted by Crippen LogP contribution is 2.40. The van der Waals surface area contributed by atoms with Crippen molar-refractivity contribution in [3.8, 4) is 0 Å². The molecule has 2 rings (SSSR count). The lowest BCUT2D eigenvalue weighted by Gasteiger charge is -2.19. The fourth-order valence-corrected chi connectivity index (χ4v) is 2.44. The summed E-state index contributed by atoms with van der Waals surface area (Å²) in [5, 5.41) is 0.